The van der Waals surface area contributed by atoms with Crippen molar-refractivity contribution in [3.63, 3.8) is 0 Å². The Morgan fingerprint density at radius 1 is 1.47 bits per heavy atom. The minimum atomic E-state index is -1.89. The van der Waals surface area contributed by atoms with Crippen LogP contribution in [-0.4, -0.2) is 33.0 Å². The van der Waals surface area contributed by atoms with Crippen LogP contribution in [0.15, 0.2) is 0 Å². The van der Waals surface area contributed by atoms with Crippen LogP contribution >= 0.6 is 0 Å². The van der Waals surface area contributed by atoms with Gasteiger partial charge in [0, 0.05) is 6.92 Å². The minimum absolute atomic E-state index is 0.0170. The highest BCUT2D eigenvalue weighted by atomic mass is 32.2. The van der Waals surface area contributed by atoms with Crippen LogP contribution in [-0.2, 0) is 25.4 Å². The molecule has 3 N–H and O–H groups in total. The first-order chi connectivity index (χ1) is 6.90. The maximum Gasteiger partial charge on any atom is 0.306 e. The molecule has 0 radical (unpaired) electrons. The predicted molar refractivity (Wildman–Crippen MR) is 56.4 cm³/mol. The van der Waals surface area contributed by atoms with Crippen LogP contribution in [0.25, 0.3) is 0 Å². The molecule has 1 amide bonds. The van der Waals surface area contributed by atoms with Gasteiger partial charge in [0.1, 0.15) is 0 Å². The second-order valence-corrected chi connectivity index (χ2v) is 3.66. The van der Waals surface area contributed by atoms with E-state index in [1.807, 2.05) is 6.92 Å². The Kier molecular flexibility index (Phi) is 12.2. The van der Waals surface area contributed by atoms with Crippen LogP contribution in [0.3, 0.4) is 0 Å². The lowest BCUT2D eigenvalue weighted by atomic mass is 10.5. The lowest BCUT2D eigenvalue weighted by Crippen LogP contribution is -2.09. The minimum Gasteiger partial charge on any atom is -0.466 e. The number of rotatable bonds is 5. The van der Waals surface area contributed by atoms with E-state index >= 15 is 0 Å². The Morgan fingerprint density at radius 2 is 1.93 bits per heavy atom. The average Bonchev–Trinajstić information content (AvgIpc) is 2.10. The van der Waals surface area contributed by atoms with Crippen molar-refractivity contribution in [2.75, 3.05) is 12.4 Å². The van der Waals surface area contributed by atoms with E-state index in [1.54, 1.807) is 0 Å². The molecule has 6 nitrogen and oxygen atoms in total. The summed E-state index contributed by atoms with van der Waals surface area (Å²) in [7, 11) is 0. The second kappa shape index (κ2) is 11.1. The standard InChI is InChI=1S/C6H12O4S.C2H5NO/c1-2-4-10-6(7)3-5-11(8)9;1-2(3)4/h2-5H2,1H3,(H,8,9);1H3,(H2,3,4). The quantitative estimate of drug-likeness (QED) is 0.520. The molecule has 90 valence electrons. The highest BCUT2D eigenvalue weighted by molar-refractivity contribution is 7.79. The molecule has 0 fully saturated rings. The fourth-order valence-corrected chi connectivity index (χ4v) is 0.800. The van der Waals surface area contributed by atoms with E-state index in [1.165, 1.54) is 6.92 Å². The molecule has 0 aliphatic heterocycles. The second-order valence-electron chi connectivity index (χ2n) is 2.61. The maximum absolute atomic E-state index is 10.6. The molecule has 0 aliphatic rings. The summed E-state index contributed by atoms with van der Waals surface area (Å²) in [5, 5.41) is 0. The zero-order valence-corrected chi connectivity index (χ0v) is 9.71. The molecule has 0 spiro atoms. The molecule has 7 heteroatoms. The molecule has 0 saturated carbocycles. The van der Waals surface area contributed by atoms with Gasteiger partial charge in [-0.2, -0.15) is 0 Å². The van der Waals surface area contributed by atoms with Crippen molar-refractivity contribution >= 4 is 23.0 Å². The molecule has 0 aromatic rings. The number of esters is 1. The smallest absolute Gasteiger partial charge is 0.306 e. The summed E-state index contributed by atoms with van der Waals surface area (Å²) >= 11 is -1.89. The summed E-state index contributed by atoms with van der Waals surface area (Å²) in [5.41, 5.74) is 4.47. The average molecular weight is 239 g/mol. The van der Waals surface area contributed by atoms with Gasteiger partial charge in [-0.25, -0.2) is 4.21 Å². The van der Waals surface area contributed by atoms with E-state index in [4.69, 9.17) is 4.55 Å². The molecular weight excluding hydrogens is 222 g/mol. The fraction of sp³-hybridized carbons (Fsp3) is 0.750. The van der Waals surface area contributed by atoms with E-state index in [2.05, 4.69) is 10.5 Å². The van der Waals surface area contributed by atoms with Gasteiger partial charge in [0.05, 0.1) is 18.8 Å². The van der Waals surface area contributed by atoms with Gasteiger partial charge in [-0.05, 0) is 6.42 Å². The summed E-state index contributed by atoms with van der Waals surface area (Å²) in [4.78, 5) is 19.9. The highest BCUT2D eigenvalue weighted by Gasteiger charge is 2.03. The zero-order chi connectivity index (χ0) is 12.3. The van der Waals surface area contributed by atoms with Crippen molar-refractivity contribution in [2.45, 2.75) is 26.7 Å². The van der Waals surface area contributed by atoms with Crippen molar-refractivity contribution in [3.8, 4) is 0 Å². The summed E-state index contributed by atoms with van der Waals surface area (Å²) < 4.78 is 23.0. The van der Waals surface area contributed by atoms with Crippen molar-refractivity contribution in [1.82, 2.24) is 0 Å². The van der Waals surface area contributed by atoms with Crippen molar-refractivity contribution < 1.29 is 23.1 Å². The lowest BCUT2D eigenvalue weighted by Gasteiger charge is -1.99. The summed E-state index contributed by atoms with van der Waals surface area (Å²) in [6.45, 7) is 3.58. The first-order valence-corrected chi connectivity index (χ1v) is 5.66. The van der Waals surface area contributed by atoms with Gasteiger partial charge >= 0.3 is 5.97 Å². The number of ether oxygens (including phenoxy) is 1. The van der Waals surface area contributed by atoms with E-state index in [9.17, 15) is 13.8 Å². The van der Waals surface area contributed by atoms with Gasteiger partial charge in [-0.1, -0.05) is 6.92 Å². The third-order valence-corrected chi connectivity index (χ3v) is 1.50. The fourth-order valence-electron chi connectivity index (χ4n) is 0.459. The number of amides is 1. The predicted octanol–water partition coefficient (Wildman–Crippen LogP) is 0.0430. The van der Waals surface area contributed by atoms with E-state index < -0.39 is 17.0 Å². The van der Waals surface area contributed by atoms with Gasteiger partial charge in [-0.15, -0.1) is 0 Å². The van der Waals surface area contributed by atoms with Crippen molar-refractivity contribution in [3.05, 3.63) is 0 Å². The van der Waals surface area contributed by atoms with Crippen molar-refractivity contribution in [2.24, 2.45) is 5.73 Å². The molecule has 0 aliphatic carbocycles. The Balaban J connectivity index is 0. The summed E-state index contributed by atoms with van der Waals surface area (Å²) in [6, 6.07) is 0. The van der Waals surface area contributed by atoms with E-state index in [0.717, 1.165) is 6.42 Å². The molecule has 0 bridgehead atoms. The summed E-state index contributed by atoms with van der Waals surface area (Å²) in [6.07, 6.45) is 0.789. The largest absolute Gasteiger partial charge is 0.466 e. The Morgan fingerprint density at radius 3 is 2.27 bits per heavy atom. The number of carbonyl (C=O) groups is 2. The van der Waals surface area contributed by atoms with Crippen LogP contribution in [0.2, 0.25) is 0 Å². The first kappa shape index (κ1) is 16.5. The molecule has 0 aromatic heterocycles. The van der Waals surface area contributed by atoms with Gasteiger partial charge in [-0.3, -0.25) is 9.59 Å². The van der Waals surface area contributed by atoms with Gasteiger partial charge in [0.2, 0.25) is 5.91 Å². The number of hydrogen-bond donors (Lipinski definition) is 2. The highest BCUT2D eigenvalue weighted by Crippen LogP contribution is 1.89. The van der Waals surface area contributed by atoms with Crippen molar-refractivity contribution in [1.29, 1.82) is 0 Å². The third kappa shape index (κ3) is 24.6. The number of primary amides is 1. The Hall–Kier alpha value is -0.950. The molecular formula is C8H17NO5S. The molecule has 15 heavy (non-hydrogen) atoms. The lowest BCUT2D eigenvalue weighted by molar-refractivity contribution is -0.143. The first-order valence-electron chi connectivity index (χ1n) is 4.39. The van der Waals surface area contributed by atoms with E-state index in [0.29, 0.717) is 6.61 Å². The molecule has 1 atom stereocenters. The number of carbonyl (C=O) groups excluding carboxylic acids is 2. The SMILES string of the molecule is CC(N)=O.CCCOC(=O)CCS(=O)O. The van der Waals surface area contributed by atoms with E-state index in [-0.39, 0.29) is 18.1 Å². The molecule has 1 unspecified atom stereocenters. The Labute approximate surface area is 91.5 Å². The van der Waals surface area contributed by atoms with Gasteiger partial charge in [0.15, 0.2) is 11.1 Å². The summed E-state index contributed by atoms with van der Waals surface area (Å²) in [5.74, 6) is -0.781. The zero-order valence-electron chi connectivity index (χ0n) is 8.89. The van der Waals surface area contributed by atoms with Gasteiger partial charge in [0.25, 0.3) is 0 Å². The van der Waals surface area contributed by atoms with Crippen LogP contribution in [0.5, 0.6) is 0 Å². The topological polar surface area (TPSA) is 107 Å². The Bertz CT molecular complexity index is 215. The van der Waals surface area contributed by atoms with Gasteiger partial charge < -0.3 is 15.0 Å². The molecule has 0 rings (SSSR count). The third-order valence-electron chi connectivity index (χ3n) is 0.948. The normalized spacial score (nSPS) is 10.9. The molecule has 0 saturated heterocycles. The molecule has 0 aromatic carbocycles. The maximum atomic E-state index is 10.6. The van der Waals surface area contributed by atoms with Crippen LogP contribution in [0, 0.1) is 0 Å². The monoisotopic (exact) mass is 239 g/mol. The van der Waals surface area contributed by atoms with Crippen LogP contribution in [0.4, 0.5) is 0 Å². The van der Waals surface area contributed by atoms with Crippen LogP contribution in [0.1, 0.15) is 26.7 Å². The molecule has 0 heterocycles. The number of hydrogen-bond acceptors (Lipinski definition) is 4. The van der Waals surface area contributed by atoms with Crippen LogP contribution < -0.4 is 5.73 Å². The number of nitrogens with two attached hydrogens (primary N) is 1.